The van der Waals surface area contributed by atoms with Gasteiger partial charge in [-0.3, -0.25) is 9.52 Å². The van der Waals surface area contributed by atoms with Crippen LogP contribution in [0.3, 0.4) is 0 Å². The Balaban J connectivity index is 1.87. The lowest BCUT2D eigenvalue weighted by molar-refractivity contribution is 0.0724. The summed E-state index contributed by atoms with van der Waals surface area (Å²) in [6.07, 6.45) is 2.82. The molecule has 0 bridgehead atoms. The van der Waals surface area contributed by atoms with Gasteiger partial charge in [-0.15, -0.1) is 0 Å². The maximum absolute atomic E-state index is 13.8. The first kappa shape index (κ1) is 19.2. The van der Waals surface area contributed by atoms with Gasteiger partial charge in [-0.25, -0.2) is 21.6 Å². The largest absolute Gasteiger partial charge is 0.339 e. The Hall–Kier alpha value is -2.55. The zero-order valence-electron chi connectivity index (χ0n) is 14.2. The summed E-state index contributed by atoms with van der Waals surface area (Å²) >= 11 is 0. The number of benzene rings is 2. The van der Waals surface area contributed by atoms with Crippen molar-refractivity contribution in [1.82, 2.24) is 4.90 Å². The molecule has 0 unspecified atom stereocenters. The number of hydrogen-bond acceptors (Lipinski definition) is 3. The third-order valence-electron chi connectivity index (χ3n) is 4.31. The van der Waals surface area contributed by atoms with E-state index in [-0.39, 0.29) is 16.4 Å². The van der Waals surface area contributed by atoms with Gasteiger partial charge in [-0.05, 0) is 49.6 Å². The Labute approximate surface area is 154 Å². The highest BCUT2D eigenvalue weighted by atomic mass is 32.2. The SMILES string of the molecule is O=C(c1cccc(S(=O)(=O)Nc2ccc(F)c(F)c2F)c1)N1CCCCC1. The zero-order valence-corrected chi connectivity index (χ0v) is 15.0. The number of carbonyl (C=O) groups is 1. The number of hydrogen-bond donors (Lipinski definition) is 1. The molecule has 5 nitrogen and oxygen atoms in total. The van der Waals surface area contributed by atoms with Crippen molar-refractivity contribution >= 4 is 21.6 Å². The fourth-order valence-corrected chi connectivity index (χ4v) is 3.99. The van der Waals surface area contributed by atoms with Crippen molar-refractivity contribution < 1.29 is 26.4 Å². The normalized spacial score (nSPS) is 14.9. The second-order valence-electron chi connectivity index (χ2n) is 6.21. The van der Waals surface area contributed by atoms with Crippen molar-refractivity contribution in [2.45, 2.75) is 24.2 Å². The molecule has 1 fully saturated rings. The Morgan fingerprint density at radius 2 is 1.67 bits per heavy atom. The van der Waals surface area contributed by atoms with Crippen LogP contribution in [0, 0.1) is 17.5 Å². The molecule has 2 aromatic rings. The number of carbonyl (C=O) groups excluding carboxylic acids is 1. The predicted molar refractivity (Wildman–Crippen MR) is 93.3 cm³/mol. The molecule has 1 aliphatic rings. The number of anilines is 1. The summed E-state index contributed by atoms with van der Waals surface area (Å²) < 4.78 is 66.9. The zero-order chi connectivity index (χ0) is 19.6. The van der Waals surface area contributed by atoms with Crippen LogP contribution in [0.25, 0.3) is 0 Å². The maximum atomic E-state index is 13.8. The van der Waals surface area contributed by atoms with Crippen LogP contribution in [0.1, 0.15) is 29.6 Å². The van der Waals surface area contributed by atoms with E-state index in [0.717, 1.165) is 25.3 Å². The molecule has 0 aliphatic carbocycles. The lowest BCUT2D eigenvalue weighted by atomic mass is 10.1. The average Bonchev–Trinajstić information content (AvgIpc) is 2.68. The van der Waals surface area contributed by atoms with E-state index in [1.54, 1.807) is 4.90 Å². The van der Waals surface area contributed by atoms with Crippen molar-refractivity contribution in [3.63, 3.8) is 0 Å². The smallest absolute Gasteiger partial charge is 0.262 e. The topological polar surface area (TPSA) is 66.5 Å². The van der Waals surface area contributed by atoms with Crippen LogP contribution in [0.2, 0.25) is 0 Å². The van der Waals surface area contributed by atoms with Crippen molar-refractivity contribution in [3.05, 3.63) is 59.4 Å². The first-order valence-corrected chi connectivity index (χ1v) is 9.83. The fourth-order valence-electron chi connectivity index (χ4n) is 2.88. The first-order chi connectivity index (χ1) is 12.8. The summed E-state index contributed by atoms with van der Waals surface area (Å²) in [4.78, 5) is 13.9. The number of sulfonamides is 1. The van der Waals surface area contributed by atoms with Crippen LogP contribution in [0.15, 0.2) is 41.3 Å². The van der Waals surface area contributed by atoms with Gasteiger partial charge in [0.25, 0.3) is 15.9 Å². The summed E-state index contributed by atoms with van der Waals surface area (Å²) in [7, 11) is -4.30. The lowest BCUT2D eigenvalue weighted by Crippen LogP contribution is -2.35. The summed E-state index contributed by atoms with van der Waals surface area (Å²) in [6.45, 7) is 1.21. The van der Waals surface area contributed by atoms with Crippen LogP contribution in [-0.2, 0) is 10.0 Å². The highest BCUT2D eigenvalue weighted by Gasteiger charge is 2.23. The molecule has 0 aromatic heterocycles. The molecule has 0 radical (unpaired) electrons. The molecule has 1 N–H and O–H groups in total. The van der Waals surface area contributed by atoms with E-state index in [4.69, 9.17) is 0 Å². The van der Waals surface area contributed by atoms with E-state index in [9.17, 15) is 26.4 Å². The highest BCUT2D eigenvalue weighted by molar-refractivity contribution is 7.92. The van der Waals surface area contributed by atoms with Gasteiger partial charge >= 0.3 is 0 Å². The molecule has 1 heterocycles. The highest BCUT2D eigenvalue weighted by Crippen LogP contribution is 2.24. The van der Waals surface area contributed by atoms with Crippen LogP contribution < -0.4 is 4.72 Å². The minimum absolute atomic E-state index is 0.186. The molecule has 0 spiro atoms. The standard InChI is InChI=1S/C18H17F3N2O3S/c19-14-7-8-15(17(21)16(14)20)22-27(25,26)13-6-4-5-12(11-13)18(24)23-9-2-1-3-10-23/h4-8,11,22H,1-3,9-10H2. The van der Waals surface area contributed by atoms with Gasteiger partial charge in [0, 0.05) is 18.7 Å². The molecule has 0 atom stereocenters. The van der Waals surface area contributed by atoms with Crippen LogP contribution in [0.4, 0.5) is 18.9 Å². The van der Waals surface area contributed by atoms with Gasteiger partial charge < -0.3 is 4.90 Å². The number of amides is 1. The van der Waals surface area contributed by atoms with Gasteiger partial charge in [0.15, 0.2) is 17.5 Å². The summed E-state index contributed by atoms with van der Waals surface area (Å²) in [5, 5.41) is 0. The second kappa shape index (κ2) is 7.59. The first-order valence-electron chi connectivity index (χ1n) is 8.35. The molecule has 9 heteroatoms. The number of rotatable bonds is 4. The molecule has 0 saturated carbocycles. The third kappa shape index (κ3) is 4.08. The van der Waals surface area contributed by atoms with Gasteiger partial charge in [0.05, 0.1) is 10.6 Å². The third-order valence-corrected chi connectivity index (χ3v) is 5.68. The Kier molecular flexibility index (Phi) is 5.41. The van der Waals surface area contributed by atoms with Crippen molar-refractivity contribution in [2.24, 2.45) is 0 Å². The van der Waals surface area contributed by atoms with Gasteiger partial charge in [-0.1, -0.05) is 6.07 Å². The summed E-state index contributed by atoms with van der Waals surface area (Å²) in [5.74, 6) is -5.13. The van der Waals surface area contributed by atoms with E-state index in [2.05, 4.69) is 0 Å². The minimum Gasteiger partial charge on any atom is -0.339 e. The minimum atomic E-state index is -4.30. The monoisotopic (exact) mass is 398 g/mol. The van der Waals surface area contributed by atoms with Crippen LogP contribution in [0.5, 0.6) is 0 Å². The number of halogens is 3. The van der Waals surface area contributed by atoms with Crippen molar-refractivity contribution in [3.8, 4) is 0 Å². The Bertz CT molecular complexity index is 974. The number of likely N-dealkylation sites (tertiary alicyclic amines) is 1. The second-order valence-corrected chi connectivity index (χ2v) is 7.89. The van der Waals surface area contributed by atoms with Crippen LogP contribution in [-0.4, -0.2) is 32.3 Å². The number of nitrogens with one attached hydrogen (secondary N) is 1. The van der Waals surface area contributed by atoms with Crippen LogP contribution >= 0.6 is 0 Å². The molecule has 1 saturated heterocycles. The maximum Gasteiger partial charge on any atom is 0.262 e. The van der Waals surface area contributed by atoms with Crippen molar-refractivity contribution in [2.75, 3.05) is 17.8 Å². The molecular formula is C18H17F3N2O3S. The lowest BCUT2D eigenvalue weighted by Gasteiger charge is -2.26. The molecule has 144 valence electrons. The predicted octanol–water partition coefficient (Wildman–Crippen LogP) is 3.53. The molecule has 2 aromatic carbocycles. The van der Waals surface area contributed by atoms with E-state index < -0.39 is 33.2 Å². The van der Waals surface area contributed by atoms with Gasteiger partial charge in [0.1, 0.15) is 0 Å². The molecule has 3 rings (SSSR count). The number of nitrogens with zero attached hydrogens (tertiary/aromatic N) is 1. The fraction of sp³-hybridized carbons (Fsp3) is 0.278. The Morgan fingerprint density at radius 1 is 0.963 bits per heavy atom. The molecule has 1 amide bonds. The van der Waals surface area contributed by atoms with Crippen molar-refractivity contribution in [1.29, 1.82) is 0 Å². The molecule has 27 heavy (non-hydrogen) atoms. The van der Waals surface area contributed by atoms with E-state index in [1.807, 2.05) is 4.72 Å². The average molecular weight is 398 g/mol. The van der Waals surface area contributed by atoms with E-state index in [1.165, 1.54) is 24.3 Å². The summed E-state index contributed by atoms with van der Waals surface area (Å²) in [6, 6.07) is 6.70. The van der Waals surface area contributed by atoms with E-state index >= 15 is 0 Å². The van der Waals surface area contributed by atoms with E-state index in [0.29, 0.717) is 19.2 Å². The molecular weight excluding hydrogens is 381 g/mol. The molecule has 1 aliphatic heterocycles. The number of piperidine rings is 1. The quantitative estimate of drug-likeness (QED) is 0.802. The van der Waals surface area contributed by atoms with Gasteiger partial charge in [-0.2, -0.15) is 0 Å². The summed E-state index contributed by atoms with van der Waals surface area (Å²) in [5.41, 5.74) is -0.535. The Morgan fingerprint density at radius 3 is 2.37 bits per heavy atom. The van der Waals surface area contributed by atoms with Gasteiger partial charge in [0.2, 0.25) is 0 Å².